The molecule has 0 radical (unpaired) electrons. The number of benzene rings is 2. The molecule has 0 saturated heterocycles. The van der Waals surface area contributed by atoms with Crippen LogP contribution in [0.15, 0.2) is 71.3 Å². The van der Waals surface area contributed by atoms with Gasteiger partial charge >= 0.3 is 0 Å². The zero-order valence-corrected chi connectivity index (χ0v) is 17.2. The quantitative estimate of drug-likeness (QED) is 0.509. The lowest BCUT2D eigenvalue weighted by molar-refractivity contribution is 0.0650. The van der Waals surface area contributed by atoms with Crippen molar-refractivity contribution in [2.75, 3.05) is 5.32 Å². The Morgan fingerprint density at radius 2 is 1.84 bits per heavy atom. The van der Waals surface area contributed by atoms with E-state index < -0.39 is 6.17 Å². The second-order valence-corrected chi connectivity index (χ2v) is 7.58. The highest BCUT2D eigenvalue weighted by molar-refractivity contribution is 6.01. The van der Waals surface area contributed by atoms with Gasteiger partial charge in [-0.05, 0) is 62.4 Å². The molecule has 1 aliphatic rings. The Kier molecular flexibility index (Phi) is 4.58. The number of rotatable bonds is 4. The summed E-state index contributed by atoms with van der Waals surface area (Å²) in [4.78, 5) is 15.2. The molecule has 0 saturated carbocycles. The topological polar surface area (TPSA) is 63.3 Å². The maximum atomic E-state index is 13.4. The number of anilines is 1. The molecule has 7 heteroatoms. The van der Waals surface area contributed by atoms with Gasteiger partial charge in [0.25, 0.3) is 5.91 Å². The van der Waals surface area contributed by atoms with E-state index in [2.05, 4.69) is 5.32 Å². The highest BCUT2D eigenvalue weighted by atomic mass is 19.1. The molecule has 0 spiro atoms. The van der Waals surface area contributed by atoms with Crippen LogP contribution in [-0.4, -0.2) is 20.6 Å². The van der Waals surface area contributed by atoms with Gasteiger partial charge in [0, 0.05) is 16.9 Å². The Morgan fingerprint density at radius 3 is 2.58 bits per heavy atom. The zero-order valence-electron chi connectivity index (χ0n) is 17.2. The Hall–Kier alpha value is -3.87. The minimum absolute atomic E-state index is 0.0796. The summed E-state index contributed by atoms with van der Waals surface area (Å²) in [7, 11) is 0. The molecule has 5 rings (SSSR count). The first-order chi connectivity index (χ1) is 15.0. The van der Waals surface area contributed by atoms with Crippen molar-refractivity contribution >= 4 is 11.6 Å². The van der Waals surface area contributed by atoms with E-state index in [1.807, 2.05) is 50.2 Å². The van der Waals surface area contributed by atoms with E-state index in [0.717, 1.165) is 28.3 Å². The normalized spacial score (nSPS) is 15.6. The third kappa shape index (κ3) is 3.28. The number of carbonyl (C=O) groups excluding carboxylic acids is 1. The van der Waals surface area contributed by atoms with E-state index in [4.69, 9.17) is 9.52 Å². The van der Waals surface area contributed by atoms with Crippen LogP contribution in [-0.2, 0) is 6.54 Å². The lowest BCUT2D eigenvalue weighted by atomic mass is 10.0. The first kappa shape index (κ1) is 19.1. The molecule has 1 N–H and O–H groups in total. The van der Waals surface area contributed by atoms with Crippen molar-refractivity contribution in [3.63, 3.8) is 0 Å². The molecule has 3 heterocycles. The lowest BCUT2D eigenvalue weighted by Gasteiger charge is -2.37. The predicted molar refractivity (Wildman–Crippen MR) is 114 cm³/mol. The molecule has 4 aromatic rings. The third-order valence-corrected chi connectivity index (χ3v) is 5.62. The van der Waals surface area contributed by atoms with Gasteiger partial charge in [-0.15, -0.1) is 0 Å². The summed E-state index contributed by atoms with van der Waals surface area (Å²) in [5, 5.41) is 8.20. The summed E-state index contributed by atoms with van der Waals surface area (Å²) in [5.41, 5.74) is 4.72. The minimum atomic E-state index is -0.429. The largest absolute Gasteiger partial charge is 0.467 e. The average Bonchev–Trinajstić information content (AvgIpc) is 3.38. The molecule has 1 unspecified atom stereocenters. The SMILES string of the molecule is Cc1nn(-c2ccc(F)cc2)c(C)c1C1Nc2ccccc2C(=O)N1Cc1ccco1. The van der Waals surface area contributed by atoms with Gasteiger partial charge in [-0.3, -0.25) is 4.79 Å². The Bertz CT molecular complexity index is 1250. The number of hydrogen-bond donors (Lipinski definition) is 1. The second-order valence-electron chi connectivity index (χ2n) is 7.58. The van der Waals surface area contributed by atoms with Crippen molar-refractivity contribution in [3.8, 4) is 5.69 Å². The van der Waals surface area contributed by atoms with Crippen LogP contribution in [0.3, 0.4) is 0 Å². The van der Waals surface area contributed by atoms with Crippen molar-refractivity contribution in [1.29, 1.82) is 0 Å². The fraction of sp³-hybridized carbons (Fsp3) is 0.167. The number of nitrogens with one attached hydrogen (secondary N) is 1. The predicted octanol–water partition coefficient (Wildman–Crippen LogP) is 4.99. The smallest absolute Gasteiger partial charge is 0.258 e. The van der Waals surface area contributed by atoms with Crippen LogP contribution < -0.4 is 5.32 Å². The van der Waals surface area contributed by atoms with Crippen LogP contribution >= 0.6 is 0 Å². The maximum absolute atomic E-state index is 13.4. The number of fused-ring (bicyclic) bond motifs is 1. The number of halogens is 1. The molecule has 156 valence electrons. The van der Waals surface area contributed by atoms with Gasteiger partial charge in [0.2, 0.25) is 0 Å². The number of amides is 1. The van der Waals surface area contributed by atoms with E-state index in [1.165, 1.54) is 12.1 Å². The summed E-state index contributed by atoms with van der Waals surface area (Å²) in [5.74, 6) is 0.316. The number of carbonyl (C=O) groups is 1. The summed E-state index contributed by atoms with van der Waals surface area (Å²) >= 11 is 0. The summed E-state index contributed by atoms with van der Waals surface area (Å²) < 4.78 is 20.7. The van der Waals surface area contributed by atoms with Crippen LogP contribution in [0.2, 0.25) is 0 Å². The molecule has 31 heavy (non-hydrogen) atoms. The van der Waals surface area contributed by atoms with Crippen LogP contribution in [0.5, 0.6) is 0 Å². The molecule has 0 bridgehead atoms. The zero-order chi connectivity index (χ0) is 21.5. The van der Waals surface area contributed by atoms with Gasteiger partial charge in [-0.2, -0.15) is 5.10 Å². The number of aryl methyl sites for hydroxylation is 1. The highest BCUT2D eigenvalue weighted by Crippen LogP contribution is 2.37. The van der Waals surface area contributed by atoms with E-state index in [-0.39, 0.29) is 11.7 Å². The van der Waals surface area contributed by atoms with Gasteiger partial charge in [0.05, 0.1) is 29.8 Å². The van der Waals surface area contributed by atoms with Crippen LogP contribution in [0.1, 0.15) is 39.2 Å². The molecule has 1 aliphatic heterocycles. The monoisotopic (exact) mass is 416 g/mol. The van der Waals surface area contributed by atoms with Crippen LogP contribution in [0, 0.1) is 19.7 Å². The summed E-state index contributed by atoms with van der Waals surface area (Å²) in [6, 6.07) is 17.3. The van der Waals surface area contributed by atoms with Crippen molar-refractivity contribution in [2.24, 2.45) is 0 Å². The molecule has 1 amide bonds. The van der Waals surface area contributed by atoms with Crippen molar-refractivity contribution in [2.45, 2.75) is 26.6 Å². The maximum Gasteiger partial charge on any atom is 0.258 e. The lowest BCUT2D eigenvalue weighted by Crippen LogP contribution is -2.42. The number of furan rings is 1. The van der Waals surface area contributed by atoms with E-state index in [9.17, 15) is 9.18 Å². The molecule has 6 nitrogen and oxygen atoms in total. The number of nitrogens with zero attached hydrogens (tertiary/aromatic N) is 3. The van der Waals surface area contributed by atoms with Crippen molar-refractivity contribution in [1.82, 2.24) is 14.7 Å². The molecular formula is C24H21FN4O2. The Morgan fingerprint density at radius 1 is 1.06 bits per heavy atom. The van der Waals surface area contributed by atoms with Crippen molar-refractivity contribution < 1.29 is 13.6 Å². The minimum Gasteiger partial charge on any atom is -0.467 e. The first-order valence-electron chi connectivity index (χ1n) is 10.0. The molecule has 0 aliphatic carbocycles. The molecule has 2 aromatic carbocycles. The average molecular weight is 416 g/mol. The first-order valence-corrected chi connectivity index (χ1v) is 10.0. The van der Waals surface area contributed by atoms with E-state index >= 15 is 0 Å². The van der Waals surface area contributed by atoms with Gasteiger partial charge < -0.3 is 14.6 Å². The number of hydrogen-bond acceptors (Lipinski definition) is 4. The Labute approximate surface area is 178 Å². The highest BCUT2D eigenvalue weighted by Gasteiger charge is 2.36. The van der Waals surface area contributed by atoms with Gasteiger partial charge in [0.15, 0.2) is 0 Å². The molecular weight excluding hydrogens is 395 g/mol. The van der Waals surface area contributed by atoms with Gasteiger partial charge in [0.1, 0.15) is 17.7 Å². The van der Waals surface area contributed by atoms with E-state index in [1.54, 1.807) is 28.0 Å². The molecule has 0 fully saturated rings. The van der Waals surface area contributed by atoms with Gasteiger partial charge in [-0.25, -0.2) is 9.07 Å². The molecule has 2 aromatic heterocycles. The third-order valence-electron chi connectivity index (χ3n) is 5.62. The van der Waals surface area contributed by atoms with Gasteiger partial charge in [-0.1, -0.05) is 12.1 Å². The molecule has 1 atom stereocenters. The fourth-order valence-corrected chi connectivity index (χ4v) is 4.14. The summed E-state index contributed by atoms with van der Waals surface area (Å²) in [6.45, 7) is 4.19. The van der Waals surface area contributed by atoms with Crippen LogP contribution in [0.4, 0.5) is 10.1 Å². The summed E-state index contributed by atoms with van der Waals surface area (Å²) in [6.07, 6.45) is 1.17. The van der Waals surface area contributed by atoms with E-state index in [0.29, 0.717) is 17.9 Å². The van der Waals surface area contributed by atoms with Crippen molar-refractivity contribution in [3.05, 3.63) is 101 Å². The number of aromatic nitrogens is 2. The van der Waals surface area contributed by atoms with Crippen LogP contribution in [0.25, 0.3) is 5.69 Å². The standard InChI is InChI=1S/C24H21FN4O2/c1-15-22(16(2)29(27-15)18-11-9-17(25)10-12-18)23-26-21-8-4-3-7-20(21)24(30)28(23)14-19-6-5-13-31-19/h3-13,23,26H,14H2,1-2H3. The number of para-hydroxylation sites is 1. The Balaban J connectivity index is 1.61. The second kappa shape index (κ2) is 7.43. The fourth-order valence-electron chi connectivity index (χ4n) is 4.14.